The molecular weight excluding hydrogens is 164 g/mol. The summed E-state index contributed by atoms with van der Waals surface area (Å²) in [5.74, 6) is -0.337. The van der Waals surface area contributed by atoms with Crippen LogP contribution in [0.4, 0.5) is 0 Å². The number of hydrogen-bond acceptors (Lipinski definition) is 3. The summed E-state index contributed by atoms with van der Waals surface area (Å²) in [5.41, 5.74) is 0. The number of hydrogen-bond donors (Lipinski definition) is 1. The molecule has 2 unspecified atom stereocenters. The van der Waals surface area contributed by atoms with E-state index in [1.165, 1.54) is 0 Å². The molecule has 0 spiro atoms. The van der Waals surface area contributed by atoms with E-state index in [-0.39, 0.29) is 12.2 Å². The fourth-order valence-electron chi connectivity index (χ4n) is 0.566. The van der Waals surface area contributed by atoms with Gasteiger partial charge in [-0.05, 0) is 6.42 Å². The van der Waals surface area contributed by atoms with E-state index in [4.69, 9.17) is 15.1 Å². The number of nitrogens with zero attached hydrogens (tertiary/aromatic N) is 2. The van der Waals surface area contributed by atoms with Crippen molar-refractivity contribution in [2.24, 2.45) is 5.92 Å². The summed E-state index contributed by atoms with van der Waals surface area (Å²) in [6.45, 7) is 0. The average molecular weight is 172 g/mol. The normalized spacial score (nSPS) is 14.5. The first kappa shape index (κ1) is 10.1. The molecule has 0 aliphatic heterocycles. The SMILES string of the molecule is N#CCC(C#N)CCS(=O)O. The zero-order valence-electron chi connectivity index (χ0n) is 5.86. The molecule has 0 heterocycles. The van der Waals surface area contributed by atoms with Crippen molar-refractivity contribution in [3.8, 4) is 12.1 Å². The molecule has 5 heteroatoms. The van der Waals surface area contributed by atoms with Crippen LogP contribution >= 0.6 is 0 Å². The Morgan fingerprint density at radius 3 is 2.55 bits per heavy atom. The van der Waals surface area contributed by atoms with Gasteiger partial charge in [-0.3, -0.25) is 0 Å². The molecule has 0 aromatic carbocycles. The minimum atomic E-state index is -1.85. The Morgan fingerprint density at radius 1 is 1.55 bits per heavy atom. The van der Waals surface area contributed by atoms with Crippen molar-refractivity contribution in [3.05, 3.63) is 0 Å². The van der Waals surface area contributed by atoms with E-state index in [1.54, 1.807) is 0 Å². The lowest BCUT2D eigenvalue weighted by Gasteiger charge is -1.99. The molecule has 0 rings (SSSR count). The molecule has 4 nitrogen and oxygen atoms in total. The Hall–Kier alpha value is -0.910. The van der Waals surface area contributed by atoms with Gasteiger partial charge in [-0.1, -0.05) is 0 Å². The van der Waals surface area contributed by atoms with Gasteiger partial charge in [-0.25, -0.2) is 4.21 Å². The lowest BCUT2D eigenvalue weighted by Crippen LogP contribution is -2.03. The molecule has 0 saturated heterocycles. The molecular formula is C6H8N2O2S. The van der Waals surface area contributed by atoms with Crippen molar-refractivity contribution in [1.29, 1.82) is 10.5 Å². The molecule has 0 radical (unpaired) electrons. The van der Waals surface area contributed by atoms with Crippen molar-refractivity contribution in [2.75, 3.05) is 5.75 Å². The highest BCUT2D eigenvalue weighted by Gasteiger charge is 2.07. The van der Waals surface area contributed by atoms with Crippen molar-refractivity contribution in [1.82, 2.24) is 0 Å². The van der Waals surface area contributed by atoms with Crippen LogP contribution in [0.15, 0.2) is 0 Å². The van der Waals surface area contributed by atoms with Gasteiger partial charge in [0.2, 0.25) is 0 Å². The monoisotopic (exact) mass is 172 g/mol. The Labute approximate surface area is 67.7 Å². The number of rotatable bonds is 4. The predicted octanol–water partition coefficient (Wildman–Crippen LogP) is 0.652. The van der Waals surface area contributed by atoms with Crippen LogP contribution < -0.4 is 0 Å². The van der Waals surface area contributed by atoms with Gasteiger partial charge in [0, 0.05) is 0 Å². The van der Waals surface area contributed by atoms with E-state index in [2.05, 4.69) is 0 Å². The summed E-state index contributed by atoms with van der Waals surface area (Å²) in [7, 11) is 0. The van der Waals surface area contributed by atoms with Gasteiger partial charge in [0.15, 0.2) is 11.1 Å². The quantitative estimate of drug-likeness (QED) is 0.631. The number of nitriles is 2. The zero-order chi connectivity index (χ0) is 8.69. The Balaban J connectivity index is 3.65. The molecule has 0 aromatic rings. The smallest absolute Gasteiger partial charge is 0.152 e. The van der Waals surface area contributed by atoms with E-state index in [0.717, 1.165) is 0 Å². The Morgan fingerprint density at radius 2 is 2.18 bits per heavy atom. The van der Waals surface area contributed by atoms with E-state index in [9.17, 15) is 4.21 Å². The van der Waals surface area contributed by atoms with Crippen LogP contribution in [0.1, 0.15) is 12.8 Å². The maximum Gasteiger partial charge on any atom is 0.152 e. The first-order valence-corrected chi connectivity index (χ1v) is 4.32. The van der Waals surface area contributed by atoms with Crippen molar-refractivity contribution in [3.63, 3.8) is 0 Å². The van der Waals surface area contributed by atoms with Crippen LogP contribution in [-0.4, -0.2) is 14.5 Å². The van der Waals surface area contributed by atoms with Crippen LogP contribution in [0, 0.1) is 28.6 Å². The molecule has 0 aliphatic carbocycles. The molecule has 0 amide bonds. The first-order valence-electron chi connectivity index (χ1n) is 3.04. The highest BCUT2D eigenvalue weighted by molar-refractivity contribution is 7.79. The van der Waals surface area contributed by atoms with Crippen molar-refractivity contribution in [2.45, 2.75) is 12.8 Å². The van der Waals surface area contributed by atoms with Crippen molar-refractivity contribution < 1.29 is 8.76 Å². The molecule has 0 fully saturated rings. The van der Waals surface area contributed by atoms with Gasteiger partial charge in [0.25, 0.3) is 0 Å². The van der Waals surface area contributed by atoms with E-state index < -0.39 is 17.0 Å². The van der Waals surface area contributed by atoms with Crippen molar-refractivity contribution >= 4 is 11.1 Å². The first-order chi connectivity index (χ1) is 5.20. The van der Waals surface area contributed by atoms with E-state index in [1.807, 2.05) is 12.1 Å². The fraction of sp³-hybridized carbons (Fsp3) is 0.667. The van der Waals surface area contributed by atoms with Crippen LogP contribution in [0.2, 0.25) is 0 Å². The summed E-state index contributed by atoms with van der Waals surface area (Å²) in [6.07, 6.45) is 0.445. The maximum absolute atomic E-state index is 10.1. The summed E-state index contributed by atoms with van der Waals surface area (Å²) < 4.78 is 18.5. The molecule has 0 aromatic heterocycles. The molecule has 1 N–H and O–H groups in total. The summed E-state index contributed by atoms with van der Waals surface area (Å²) in [6, 6.07) is 3.73. The standard InChI is InChI=1S/C6H8N2O2S/c7-3-1-6(5-8)2-4-11(9)10/h6H,1-2,4H2,(H,9,10). The molecule has 11 heavy (non-hydrogen) atoms. The maximum atomic E-state index is 10.1. The molecule has 0 bridgehead atoms. The third-order valence-electron chi connectivity index (χ3n) is 1.16. The van der Waals surface area contributed by atoms with Gasteiger partial charge in [0.05, 0.1) is 30.2 Å². The predicted molar refractivity (Wildman–Crippen MR) is 39.6 cm³/mol. The van der Waals surface area contributed by atoms with Crippen LogP contribution in [-0.2, 0) is 11.1 Å². The summed E-state index contributed by atoms with van der Waals surface area (Å²) >= 11 is -1.85. The van der Waals surface area contributed by atoms with Crippen LogP contribution in [0.25, 0.3) is 0 Å². The van der Waals surface area contributed by atoms with Gasteiger partial charge in [-0.2, -0.15) is 10.5 Å². The van der Waals surface area contributed by atoms with Crippen LogP contribution in [0.5, 0.6) is 0 Å². The van der Waals surface area contributed by atoms with E-state index >= 15 is 0 Å². The fourth-order valence-corrected chi connectivity index (χ4v) is 1.05. The topological polar surface area (TPSA) is 84.9 Å². The van der Waals surface area contributed by atoms with Gasteiger partial charge in [0.1, 0.15) is 0 Å². The second kappa shape index (κ2) is 5.84. The second-order valence-corrected chi connectivity index (χ2v) is 3.05. The summed E-state index contributed by atoms with van der Waals surface area (Å²) in [4.78, 5) is 0. The highest BCUT2D eigenvalue weighted by Crippen LogP contribution is 2.06. The minimum absolute atomic E-state index is 0.0694. The zero-order valence-corrected chi connectivity index (χ0v) is 6.67. The highest BCUT2D eigenvalue weighted by atomic mass is 32.2. The molecule has 60 valence electrons. The van der Waals surface area contributed by atoms with Gasteiger partial charge in [-0.15, -0.1) is 0 Å². The van der Waals surface area contributed by atoms with Gasteiger partial charge < -0.3 is 4.55 Å². The largest absolute Gasteiger partial charge is 0.306 e. The third kappa shape index (κ3) is 5.53. The lowest BCUT2D eigenvalue weighted by atomic mass is 10.1. The molecule has 0 saturated carbocycles. The summed E-state index contributed by atoms with van der Waals surface area (Å²) in [5, 5.41) is 16.6. The third-order valence-corrected chi connectivity index (χ3v) is 1.75. The molecule has 2 atom stereocenters. The Kier molecular flexibility index (Phi) is 5.36. The van der Waals surface area contributed by atoms with Crippen LogP contribution in [0.3, 0.4) is 0 Å². The lowest BCUT2D eigenvalue weighted by molar-refractivity contribution is 0.552. The van der Waals surface area contributed by atoms with Gasteiger partial charge >= 0.3 is 0 Å². The minimum Gasteiger partial charge on any atom is -0.306 e. The Bertz CT molecular complexity index is 216. The molecule has 0 aliphatic rings. The second-order valence-electron chi connectivity index (χ2n) is 2.00. The van der Waals surface area contributed by atoms with E-state index in [0.29, 0.717) is 6.42 Å². The average Bonchev–Trinajstić information content (AvgIpc) is 1.97.